The lowest BCUT2D eigenvalue weighted by atomic mass is 9.98. The quantitative estimate of drug-likeness (QED) is 0.422. The van der Waals surface area contributed by atoms with Crippen molar-refractivity contribution < 1.29 is 17.9 Å². The first kappa shape index (κ1) is 25.3. The second-order valence-electron chi connectivity index (χ2n) is 8.79. The standard InChI is InChI=1S/C26H29N3O4S2/c1-17(2)33-24-10-8-18(13-20(24)14-27)26-28-16-25(34-26)23-6-4-5-21-19(7-9-22(21)23)15-29-35(30,31)12-11-32-3/h4-6,8,10,13,16-17,19,29H,7,9,11-12,15H2,1-3H3/t19-/m1/s1. The lowest BCUT2D eigenvalue weighted by Gasteiger charge is -2.14. The largest absolute Gasteiger partial charge is 0.490 e. The third-order valence-electron chi connectivity index (χ3n) is 5.98. The van der Waals surface area contributed by atoms with Crippen LogP contribution in [-0.2, 0) is 21.2 Å². The lowest BCUT2D eigenvalue weighted by Crippen LogP contribution is -2.31. The number of rotatable bonds is 10. The van der Waals surface area contributed by atoms with E-state index in [-0.39, 0.29) is 24.4 Å². The molecule has 0 unspecified atom stereocenters. The van der Waals surface area contributed by atoms with E-state index in [0.29, 0.717) is 17.9 Å². The molecule has 1 aromatic heterocycles. The van der Waals surface area contributed by atoms with E-state index in [9.17, 15) is 13.7 Å². The Morgan fingerprint density at radius 2 is 2.11 bits per heavy atom. The van der Waals surface area contributed by atoms with Crippen LogP contribution in [0.25, 0.3) is 21.0 Å². The Bertz CT molecular complexity index is 1340. The van der Waals surface area contributed by atoms with Crippen LogP contribution in [-0.4, -0.2) is 45.5 Å². The SMILES string of the molecule is COCCS(=O)(=O)NC[C@H]1CCc2c(-c3cnc(-c4ccc(OC(C)C)c(C#N)c4)s3)cccc21. The van der Waals surface area contributed by atoms with Gasteiger partial charge >= 0.3 is 0 Å². The molecular formula is C26H29N3O4S2. The third-order valence-corrected chi connectivity index (χ3v) is 8.37. The van der Waals surface area contributed by atoms with Gasteiger partial charge in [-0.2, -0.15) is 5.26 Å². The van der Waals surface area contributed by atoms with Gasteiger partial charge in [0.2, 0.25) is 10.0 Å². The van der Waals surface area contributed by atoms with Crippen molar-refractivity contribution in [2.75, 3.05) is 26.0 Å². The second kappa shape index (κ2) is 10.9. The lowest BCUT2D eigenvalue weighted by molar-refractivity contribution is 0.217. The van der Waals surface area contributed by atoms with Crippen molar-refractivity contribution >= 4 is 21.4 Å². The number of benzene rings is 2. The molecule has 9 heteroatoms. The predicted molar refractivity (Wildman–Crippen MR) is 138 cm³/mol. The fourth-order valence-corrected chi connectivity index (χ4v) is 6.27. The first-order valence-electron chi connectivity index (χ1n) is 11.6. The zero-order valence-corrected chi connectivity index (χ0v) is 21.7. The summed E-state index contributed by atoms with van der Waals surface area (Å²) in [6.07, 6.45) is 3.65. The highest BCUT2D eigenvalue weighted by Crippen LogP contribution is 2.42. The number of methoxy groups -OCH3 is 1. The van der Waals surface area contributed by atoms with Crippen molar-refractivity contribution in [1.29, 1.82) is 5.26 Å². The molecule has 7 nitrogen and oxygen atoms in total. The molecule has 0 aliphatic heterocycles. The summed E-state index contributed by atoms with van der Waals surface area (Å²) in [6.45, 7) is 4.43. The van der Waals surface area contributed by atoms with Gasteiger partial charge in [-0.25, -0.2) is 18.1 Å². The minimum Gasteiger partial charge on any atom is -0.490 e. The van der Waals surface area contributed by atoms with Crippen LogP contribution in [0.2, 0.25) is 0 Å². The number of nitrogens with zero attached hydrogens (tertiary/aromatic N) is 2. The Kier molecular flexibility index (Phi) is 7.87. The van der Waals surface area contributed by atoms with Gasteiger partial charge in [0.25, 0.3) is 0 Å². The minimum absolute atomic E-state index is 0.0101. The number of hydrogen-bond donors (Lipinski definition) is 1. The van der Waals surface area contributed by atoms with Gasteiger partial charge in [0, 0.05) is 25.4 Å². The molecule has 184 valence electrons. The summed E-state index contributed by atoms with van der Waals surface area (Å²) in [6, 6.07) is 14.0. The van der Waals surface area contributed by atoms with Gasteiger partial charge in [-0.05, 0) is 67.5 Å². The van der Waals surface area contributed by atoms with E-state index in [1.165, 1.54) is 18.2 Å². The molecule has 0 bridgehead atoms. The third kappa shape index (κ3) is 5.90. The molecule has 1 N–H and O–H groups in total. The maximum atomic E-state index is 12.2. The van der Waals surface area contributed by atoms with Gasteiger partial charge in [0.05, 0.1) is 28.9 Å². The van der Waals surface area contributed by atoms with E-state index < -0.39 is 10.0 Å². The maximum Gasteiger partial charge on any atom is 0.213 e. The number of sulfonamides is 1. The number of hydrogen-bond acceptors (Lipinski definition) is 7. The van der Waals surface area contributed by atoms with E-state index in [1.807, 2.05) is 44.3 Å². The van der Waals surface area contributed by atoms with E-state index in [0.717, 1.165) is 33.9 Å². The normalized spacial score (nSPS) is 15.2. The molecule has 0 fully saturated rings. The van der Waals surface area contributed by atoms with Gasteiger partial charge in [-0.15, -0.1) is 11.3 Å². The summed E-state index contributed by atoms with van der Waals surface area (Å²) in [5.74, 6) is 0.680. The Balaban J connectivity index is 1.55. The molecule has 0 amide bonds. The van der Waals surface area contributed by atoms with Crippen LogP contribution in [0.15, 0.2) is 42.6 Å². The number of fused-ring (bicyclic) bond motifs is 1. The predicted octanol–water partition coefficient (Wildman–Crippen LogP) is 4.73. The number of nitrogens with one attached hydrogen (secondary N) is 1. The summed E-state index contributed by atoms with van der Waals surface area (Å²) < 4.78 is 37.7. The Morgan fingerprint density at radius 3 is 2.86 bits per heavy atom. The molecule has 0 saturated carbocycles. The fourth-order valence-electron chi connectivity index (χ4n) is 4.32. The highest BCUT2D eigenvalue weighted by Gasteiger charge is 2.27. The van der Waals surface area contributed by atoms with Crippen LogP contribution in [0.5, 0.6) is 5.75 Å². The van der Waals surface area contributed by atoms with Gasteiger partial charge in [-0.1, -0.05) is 18.2 Å². The Morgan fingerprint density at radius 1 is 1.29 bits per heavy atom. The van der Waals surface area contributed by atoms with Gasteiger partial charge in [0.1, 0.15) is 16.8 Å². The van der Waals surface area contributed by atoms with Crippen molar-refractivity contribution in [2.45, 2.75) is 38.7 Å². The summed E-state index contributed by atoms with van der Waals surface area (Å²) in [4.78, 5) is 5.69. The zero-order chi connectivity index (χ0) is 25.0. The van der Waals surface area contributed by atoms with Crippen molar-refractivity contribution in [2.24, 2.45) is 0 Å². The van der Waals surface area contributed by atoms with E-state index in [4.69, 9.17) is 9.47 Å². The summed E-state index contributed by atoms with van der Waals surface area (Å²) >= 11 is 1.59. The van der Waals surface area contributed by atoms with Crippen molar-refractivity contribution in [3.05, 3.63) is 59.3 Å². The molecule has 1 atom stereocenters. The van der Waals surface area contributed by atoms with Crippen LogP contribution >= 0.6 is 11.3 Å². The van der Waals surface area contributed by atoms with E-state index in [2.05, 4.69) is 27.9 Å². The van der Waals surface area contributed by atoms with E-state index >= 15 is 0 Å². The van der Waals surface area contributed by atoms with Crippen LogP contribution in [0, 0.1) is 11.3 Å². The average molecular weight is 512 g/mol. The van der Waals surface area contributed by atoms with Gasteiger partial charge in [0.15, 0.2) is 0 Å². The van der Waals surface area contributed by atoms with Crippen molar-refractivity contribution in [3.63, 3.8) is 0 Å². The monoisotopic (exact) mass is 511 g/mol. The molecule has 1 aliphatic carbocycles. The molecule has 3 aromatic rings. The molecule has 1 heterocycles. The molecule has 0 spiro atoms. The van der Waals surface area contributed by atoms with Crippen LogP contribution in [0.1, 0.15) is 42.9 Å². The molecule has 0 saturated heterocycles. The number of ether oxygens (including phenoxy) is 2. The topological polar surface area (TPSA) is 101 Å². The van der Waals surface area contributed by atoms with Crippen molar-refractivity contribution in [3.8, 4) is 32.8 Å². The minimum atomic E-state index is -3.35. The second-order valence-corrected chi connectivity index (χ2v) is 11.7. The highest BCUT2D eigenvalue weighted by molar-refractivity contribution is 7.89. The van der Waals surface area contributed by atoms with Gasteiger partial charge in [-0.3, -0.25) is 0 Å². The molecule has 35 heavy (non-hydrogen) atoms. The zero-order valence-electron chi connectivity index (χ0n) is 20.1. The first-order valence-corrected chi connectivity index (χ1v) is 14.0. The average Bonchev–Trinajstić information content (AvgIpc) is 3.49. The smallest absolute Gasteiger partial charge is 0.213 e. The van der Waals surface area contributed by atoms with Crippen LogP contribution in [0.3, 0.4) is 0 Å². The van der Waals surface area contributed by atoms with Crippen LogP contribution < -0.4 is 9.46 Å². The molecule has 2 aromatic carbocycles. The number of aromatic nitrogens is 1. The maximum absolute atomic E-state index is 12.2. The highest BCUT2D eigenvalue weighted by atomic mass is 32.2. The summed E-state index contributed by atoms with van der Waals surface area (Å²) in [5.41, 5.74) is 4.95. The summed E-state index contributed by atoms with van der Waals surface area (Å²) in [5, 5.41) is 10.4. The Hall–Kier alpha value is -2.77. The number of thiazole rings is 1. The fraction of sp³-hybridized carbons (Fsp3) is 0.385. The summed E-state index contributed by atoms with van der Waals surface area (Å²) in [7, 11) is -1.86. The molecular weight excluding hydrogens is 482 g/mol. The molecule has 4 rings (SSSR count). The van der Waals surface area contributed by atoms with Gasteiger partial charge < -0.3 is 9.47 Å². The van der Waals surface area contributed by atoms with E-state index in [1.54, 1.807) is 11.3 Å². The van der Waals surface area contributed by atoms with Crippen molar-refractivity contribution in [1.82, 2.24) is 9.71 Å². The van der Waals surface area contributed by atoms with Crippen LogP contribution in [0.4, 0.5) is 0 Å². The first-order chi connectivity index (χ1) is 16.8. The molecule has 0 radical (unpaired) electrons. The Labute approximate surface area is 210 Å². The number of nitriles is 1. The molecule has 1 aliphatic rings.